The molecule has 1 fully saturated rings. The number of hydrogen-bond donors (Lipinski definition) is 1. The molecule has 1 aliphatic rings. The number of hydrogen-bond acceptors (Lipinski definition) is 5. The lowest BCUT2D eigenvalue weighted by Gasteiger charge is -2.41. The summed E-state index contributed by atoms with van der Waals surface area (Å²) in [6.07, 6.45) is 0.362. The van der Waals surface area contributed by atoms with Crippen molar-refractivity contribution in [3.05, 3.63) is 94.5 Å². The number of piperidine rings is 1. The van der Waals surface area contributed by atoms with E-state index in [1.54, 1.807) is 31.0 Å². The van der Waals surface area contributed by atoms with E-state index in [2.05, 4.69) is 45.0 Å². The van der Waals surface area contributed by atoms with Gasteiger partial charge >= 0.3 is 5.97 Å². The van der Waals surface area contributed by atoms with Crippen molar-refractivity contribution in [3.63, 3.8) is 0 Å². The fourth-order valence-electron chi connectivity index (χ4n) is 4.80. The summed E-state index contributed by atoms with van der Waals surface area (Å²) in [6, 6.07) is 21.1. The summed E-state index contributed by atoms with van der Waals surface area (Å²) in [5, 5.41) is 10.3. The molecule has 3 aromatic carbocycles. The first-order chi connectivity index (χ1) is 18.4. The highest BCUT2D eigenvalue weighted by molar-refractivity contribution is 7.99. The molecule has 0 aliphatic carbocycles. The molecule has 0 unspecified atom stereocenters. The summed E-state index contributed by atoms with van der Waals surface area (Å²) in [5.74, 6) is -0.562. The summed E-state index contributed by atoms with van der Waals surface area (Å²) < 4.78 is 34.3. The number of thioether (sulfide) groups is 1. The Morgan fingerprint density at radius 3 is 2.18 bits per heavy atom. The zero-order chi connectivity index (χ0) is 28.4. The van der Waals surface area contributed by atoms with Crippen LogP contribution in [0.2, 0.25) is 5.02 Å². The third-order valence-corrected chi connectivity index (χ3v) is 10.7. The van der Waals surface area contributed by atoms with Crippen molar-refractivity contribution >= 4 is 39.4 Å². The van der Waals surface area contributed by atoms with Gasteiger partial charge < -0.3 is 9.84 Å². The summed E-state index contributed by atoms with van der Waals surface area (Å²) in [7, 11) is -2.42. The predicted octanol–water partition coefficient (Wildman–Crippen LogP) is 6.78. The van der Waals surface area contributed by atoms with Gasteiger partial charge in [-0.25, -0.2) is 8.42 Å². The van der Waals surface area contributed by atoms with Gasteiger partial charge in [-0.3, -0.25) is 4.79 Å². The highest BCUT2D eigenvalue weighted by atomic mass is 35.5. The van der Waals surface area contributed by atoms with Crippen LogP contribution in [0.4, 0.5) is 0 Å². The standard InChI is InChI=1S/C30H34ClNO5S2/c1-30(2,3)22-9-5-20(6-10-22)19-38-28-17-27(21-7-13-24(37-4)14-8-21)32(18-26(28)29(33)34)39(35,36)25-15-11-23(31)12-16-25/h5-16,26-28H,17-19H2,1-4H3,(H,33,34)/t26-,27+,28-/m1/s1. The molecule has 0 bridgehead atoms. The molecule has 0 radical (unpaired) electrons. The van der Waals surface area contributed by atoms with E-state index in [0.29, 0.717) is 22.9 Å². The molecule has 39 heavy (non-hydrogen) atoms. The summed E-state index contributed by atoms with van der Waals surface area (Å²) in [4.78, 5) is 12.5. The minimum atomic E-state index is -4.00. The Bertz CT molecular complexity index is 1390. The third kappa shape index (κ3) is 6.80. The molecule has 208 valence electrons. The number of methoxy groups -OCH3 is 1. The van der Waals surface area contributed by atoms with Crippen LogP contribution in [0, 0.1) is 5.92 Å². The Morgan fingerprint density at radius 1 is 1.03 bits per heavy atom. The maximum absolute atomic E-state index is 13.8. The van der Waals surface area contributed by atoms with Crippen LogP contribution in [0.25, 0.3) is 0 Å². The highest BCUT2D eigenvalue weighted by Crippen LogP contribution is 2.43. The minimum absolute atomic E-state index is 0.0497. The molecule has 0 saturated carbocycles. The molecule has 6 nitrogen and oxygen atoms in total. The number of carbonyl (C=O) groups is 1. The molecular formula is C30H34ClNO5S2. The van der Waals surface area contributed by atoms with Gasteiger partial charge in [0.15, 0.2) is 0 Å². The van der Waals surface area contributed by atoms with Gasteiger partial charge in [0.1, 0.15) is 5.75 Å². The number of nitrogens with zero attached hydrogens (tertiary/aromatic N) is 1. The molecule has 0 spiro atoms. The molecule has 1 heterocycles. The normalized spacial score (nSPS) is 20.5. The molecule has 3 atom stereocenters. The van der Waals surface area contributed by atoms with Gasteiger partial charge in [-0.2, -0.15) is 16.1 Å². The third-order valence-electron chi connectivity index (χ3n) is 7.15. The first-order valence-corrected chi connectivity index (χ1v) is 15.6. The number of carboxylic acid groups (broad SMARTS) is 1. The molecule has 0 amide bonds. The second-order valence-electron chi connectivity index (χ2n) is 10.8. The Hall–Kier alpha value is -2.52. The second-order valence-corrected chi connectivity index (χ2v) is 14.3. The van der Waals surface area contributed by atoms with Crippen LogP contribution in [-0.4, -0.2) is 42.7 Å². The van der Waals surface area contributed by atoms with Crippen LogP contribution < -0.4 is 4.74 Å². The first-order valence-electron chi connectivity index (χ1n) is 12.8. The average Bonchev–Trinajstić information content (AvgIpc) is 2.91. The monoisotopic (exact) mass is 587 g/mol. The number of sulfonamides is 1. The van der Waals surface area contributed by atoms with Crippen LogP contribution in [0.15, 0.2) is 77.7 Å². The number of rotatable bonds is 8. The van der Waals surface area contributed by atoms with E-state index in [-0.39, 0.29) is 22.1 Å². The van der Waals surface area contributed by atoms with Crippen molar-refractivity contribution in [2.45, 2.75) is 54.5 Å². The SMILES string of the molecule is COc1ccc([C@@H]2C[C@@H](SCc3ccc(C(C)(C)C)cc3)[C@H](C(=O)O)CN2S(=O)(=O)c2ccc(Cl)cc2)cc1. The van der Waals surface area contributed by atoms with E-state index in [1.807, 2.05) is 12.1 Å². The lowest BCUT2D eigenvalue weighted by molar-refractivity contribution is -0.143. The Kier molecular flexibility index (Phi) is 9.01. The van der Waals surface area contributed by atoms with Gasteiger partial charge in [0.2, 0.25) is 10.0 Å². The summed E-state index contributed by atoms with van der Waals surface area (Å²) >= 11 is 7.57. The van der Waals surface area contributed by atoms with E-state index in [0.717, 1.165) is 11.1 Å². The van der Waals surface area contributed by atoms with Crippen LogP contribution >= 0.6 is 23.4 Å². The Morgan fingerprint density at radius 2 is 1.64 bits per heavy atom. The van der Waals surface area contributed by atoms with Crippen molar-refractivity contribution in [2.75, 3.05) is 13.7 Å². The van der Waals surface area contributed by atoms with E-state index in [4.69, 9.17) is 16.3 Å². The molecule has 0 aromatic heterocycles. The maximum atomic E-state index is 13.8. The fourth-order valence-corrected chi connectivity index (χ4v) is 7.93. The molecule has 4 rings (SSSR count). The molecule has 3 aromatic rings. The van der Waals surface area contributed by atoms with E-state index in [1.165, 1.54) is 34.1 Å². The van der Waals surface area contributed by atoms with Gasteiger partial charge in [0.25, 0.3) is 0 Å². The average molecular weight is 588 g/mol. The summed E-state index contributed by atoms with van der Waals surface area (Å²) in [5.41, 5.74) is 3.18. The maximum Gasteiger partial charge on any atom is 0.308 e. The number of aliphatic carboxylic acids is 1. The van der Waals surface area contributed by atoms with E-state index in [9.17, 15) is 18.3 Å². The quantitative estimate of drug-likeness (QED) is 0.312. The first kappa shape index (κ1) is 29.5. The summed E-state index contributed by atoms with van der Waals surface area (Å²) in [6.45, 7) is 6.37. The van der Waals surface area contributed by atoms with Crippen LogP contribution in [-0.2, 0) is 26.0 Å². The Balaban J connectivity index is 1.65. The van der Waals surface area contributed by atoms with Gasteiger partial charge in [0, 0.05) is 22.6 Å². The molecule has 1 saturated heterocycles. The minimum Gasteiger partial charge on any atom is -0.497 e. The van der Waals surface area contributed by atoms with Crippen LogP contribution in [0.3, 0.4) is 0 Å². The topological polar surface area (TPSA) is 83.9 Å². The van der Waals surface area contributed by atoms with Gasteiger partial charge in [-0.15, -0.1) is 0 Å². The molecule has 1 N–H and O–H groups in total. The van der Waals surface area contributed by atoms with Crippen molar-refractivity contribution in [3.8, 4) is 5.75 Å². The number of ether oxygens (including phenoxy) is 1. The van der Waals surface area contributed by atoms with E-state index >= 15 is 0 Å². The zero-order valence-corrected chi connectivity index (χ0v) is 24.9. The van der Waals surface area contributed by atoms with Gasteiger partial charge in [-0.1, -0.05) is 68.8 Å². The fraction of sp³-hybridized carbons (Fsp3) is 0.367. The largest absolute Gasteiger partial charge is 0.497 e. The van der Waals surface area contributed by atoms with Crippen molar-refractivity contribution in [1.29, 1.82) is 0 Å². The van der Waals surface area contributed by atoms with Crippen molar-refractivity contribution in [2.24, 2.45) is 5.92 Å². The molecular weight excluding hydrogens is 554 g/mol. The number of halogens is 1. The lowest BCUT2D eigenvalue weighted by atomic mass is 9.87. The second kappa shape index (κ2) is 11.9. The smallest absolute Gasteiger partial charge is 0.308 e. The van der Waals surface area contributed by atoms with Gasteiger partial charge in [0.05, 0.1) is 24.0 Å². The molecule has 1 aliphatic heterocycles. The molecule has 9 heteroatoms. The van der Waals surface area contributed by atoms with Crippen LogP contribution in [0.5, 0.6) is 5.75 Å². The van der Waals surface area contributed by atoms with Crippen molar-refractivity contribution in [1.82, 2.24) is 4.31 Å². The van der Waals surface area contributed by atoms with Crippen molar-refractivity contribution < 1.29 is 23.1 Å². The number of carboxylic acids is 1. The highest BCUT2D eigenvalue weighted by Gasteiger charge is 2.45. The Labute approximate surface area is 240 Å². The predicted molar refractivity (Wildman–Crippen MR) is 157 cm³/mol. The van der Waals surface area contributed by atoms with E-state index < -0.39 is 28.0 Å². The lowest BCUT2D eigenvalue weighted by Crippen LogP contribution is -2.49. The van der Waals surface area contributed by atoms with Crippen LogP contribution in [0.1, 0.15) is 49.9 Å². The zero-order valence-electron chi connectivity index (χ0n) is 22.5. The van der Waals surface area contributed by atoms with Gasteiger partial charge in [-0.05, 0) is 64.9 Å². The number of benzene rings is 3.